The van der Waals surface area contributed by atoms with Crippen molar-refractivity contribution in [2.24, 2.45) is 0 Å². The zero-order valence-corrected chi connectivity index (χ0v) is 15.2. The van der Waals surface area contributed by atoms with E-state index in [9.17, 15) is 9.59 Å². The van der Waals surface area contributed by atoms with Crippen LogP contribution < -0.4 is 5.32 Å². The number of hydrogen-bond donors (Lipinski definition) is 1. The van der Waals surface area contributed by atoms with Gasteiger partial charge in [0.1, 0.15) is 6.04 Å². The molecule has 0 bridgehead atoms. The van der Waals surface area contributed by atoms with Gasteiger partial charge in [0.25, 0.3) is 5.91 Å². The smallest absolute Gasteiger partial charge is 0.255 e. The average Bonchev–Trinajstić information content (AvgIpc) is 2.93. The summed E-state index contributed by atoms with van der Waals surface area (Å²) < 4.78 is 5.02. The van der Waals surface area contributed by atoms with E-state index in [1.807, 2.05) is 49.4 Å². The van der Waals surface area contributed by atoms with Crippen molar-refractivity contribution in [1.82, 2.24) is 10.2 Å². The average molecular weight is 352 g/mol. The zero-order valence-electron chi connectivity index (χ0n) is 15.2. The number of nitrogens with zero attached hydrogens (tertiary/aromatic N) is 1. The van der Waals surface area contributed by atoms with Crippen LogP contribution in [0, 0.1) is 6.92 Å². The number of ether oxygens (including phenoxy) is 1. The molecule has 0 spiro atoms. The van der Waals surface area contributed by atoms with Gasteiger partial charge in [-0.05, 0) is 30.5 Å². The molecule has 1 heterocycles. The van der Waals surface area contributed by atoms with Crippen LogP contribution in [0.25, 0.3) is 0 Å². The van der Waals surface area contributed by atoms with Crippen LogP contribution in [0.5, 0.6) is 0 Å². The van der Waals surface area contributed by atoms with E-state index in [1.165, 1.54) is 0 Å². The Morgan fingerprint density at radius 1 is 1.15 bits per heavy atom. The molecule has 1 N–H and O–H groups in total. The molecular weight excluding hydrogens is 328 g/mol. The van der Waals surface area contributed by atoms with E-state index in [0.717, 1.165) is 23.1 Å². The van der Waals surface area contributed by atoms with Crippen molar-refractivity contribution in [3.63, 3.8) is 0 Å². The number of methoxy groups -OCH3 is 1. The Hall–Kier alpha value is -2.66. The first kappa shape index (κ1) is 18.1. The van der Waals surface area contributed by atoms with Crippen molar-refractivity contribution in [3.8, 4) is 0 Å². The van der Waals surface area contributed by atoms with E-state index in [2.05, 4.69) is 5.32 Å². The Kier molecular flexibility index (Phi) is 5.68. The maximum Gasteiger partial charge on any atom is 0.255 e. The number of benzene rings is 2. The molecule has 0 saturated heterocycles. The van der Waals surface area contributed by atoms with Crippen molar-refractivity contribution in [1.29, 1.82) is 0 Å². The maximum absolute atomic E-state index is 12.9. The van der Waals surface area contributed by atoms with Crippen molar-refractivity contribution < 1.29 is 14.3 Å². The molecule has 1 aliphatic rings. The minimum absolute atomic E-state index is 0.0989. The molecule has 5 heteroatoms. The third kappa shape index (κ3) is 3.78. The van der Waals surface area contributed by atoms with Crippen LogP contribution in [0.1, 0.15) is 39.5 Å². The quantitative estimate of drug-likeness (QED) is 0.780. The molecule has 1 aliphatic heterocycles. The van der Waals surface area contributed by atoms with Gasteiger partial charge in [-0.1, -0.05) is 48.0 Å². The highest BCUT2D eigenvalue weighted by Gasteiger charge is 2.40. The van der Waals surface area contributed by atoms with Gasteiger partial charge in [-0.2, -0.15) is 0 Å². The molecule has 3 rings (SSSR count). The largest absolute Gasteiger partial charge is 0.385 e. The fraction of sp³-hybridized carbons (Fsp3) is 0.333. The molecule has 26 heavy (non-hydrogen) atoms. The first-order valence-electron chi connectivity index (χ1n) is 8.84. The van der Waals surface area contributed by atoms with Crippen LogP contribution >= 0.6 is 0 Å². The lowest BCUT2D eigenvalue weighted by molar-refractivity contribution is -0.125. The monoisotopic (exact) mass is 352 g/mol. The second kappa shape index (κ2) is 8.15. The molecule has 2 aromatic carbocycles. The van der Waals surface area contributed by atoms with E-state index in [0.29, 0.717) is 25.3 Å². The molecule has 1 atom stereocenters. The standard InChI is InChI=1S/C21H24N2O3/c1-15-8-10-16(11-9-15)14-23-19(20(24)22-12-5-13-26-2)17-6-3-4-7-18(17)21(23)25/h3-4,6-11,19H,5,12-14H2,1-2H3,(H,22,24)/t19-/m0/s1. The Labute approximate surface area is 154 Å². The highest BCUT2D eigenvalue weighted by molar-refractivity contribution is 6.04. The van der Waals surface area contributed by atoms with Crippen molar-refractivity contribution in [2.45, 2.75) is 25.9 Å². The summed E-state index contributed by atoms with van der Waals surface area (Å²) in [6.07, 6.45) is 0.739. The third-order valence-electron chi connectivity index (χ3n) is 4.60. The second-order valence-electron chi connectivity index (χ2n) is 6.55. The maximum atomic E-state index is 12.9. The van der Waals surface area contributed by atoms with Gasteiger partial charge in [-0.15, -0.1) is 0 Å². The number of hydrogen-bond acceptors (Lipinski definition) is 3. The number of carbonyl (C=O) groups is 2. The summed E-state index contributed by atoms with van der Waals surface area (Å²) in [4.78, 5) is 27.4. The molecule has 0 radical (unpaired) electrons. The van der Waals surface area contributed by atoms with Gasteiger partial charge >= 0.3 is 0 Å². The predicted octanol–water partition coefficient (Wildman–Crippen LogP) is 2.84. The lowest BCUT2D eigenvalue weighted by Gasteiger charge is -2.25. The number of aryl methyl sites for hydroxylation is 1. The molecule has 0 fully saturated rings. The van der Waals surface area contributed by atoms with E-state index < -0.39 is 6.04 Å². The molecule has 0 saturated carbocycles. The van der Waals surface area contributed by atoms with E-state index in [1.54, 1.807) is 18.1 Å². The third-order valence-corrected chi connectivity index (χ3v) is 4.60. The van der Waals surface area contributed by atoms with Gasteiger partial charge in [0.05, 0.1) is 0 Å². The number of carbonyl (C=O) groups excluding carboxylic acids is 2. The van der Waals surface area contributed by atoms with Gasteiger partial charge in [-0.3, -0.25) is 9.59 Å². The van der Waals surface area contributed by atoms with E-state index >= 15 is 0 Å². The van der Waals surface area contributed by atoms with Crippen molar-refractivity contribution >= 4 is 11.8 Å². The Balaban J connectivity index is 1.82. The number of fused-ring (bicyclic) bond motifs is 1. The SMILES string of the molecule is COCCCNC(=O)[C@@H]1c2ccccc2C(=O)N1Cc1ccc(C)cc1. The normalized spacial score (nSPS) is 15.8. The Bertz CT molecular complexity index is 786. The van der Waals surface area contributed by atoms with Gasteiger partial charge in [0, 0.05) is 32.4 Å². The predicted molar refractivity (Wildman–Crippen MR) is 99.7 cm³/mol. The summed E-state index contributed by atoms with van der Waals surface area (Å²) in [5.41, 5.74) is 3.55. The minimum atomic E-state index is -0.595. The van der Waals surface area contributed by atoms with Gasteiger partial charge in [0.2, 0.25) is 5.91 Å². The topological polar surface area (TPSA) is 58.6 Å². The first-order valence-corrected chi connectivity index (χ1v) is 8.84. The lowest BCUT2D eigenvalue weighted by Crippen LogP contribution is -2.39. The van der Waals surface area contributed by atoms with Crippen molar-refractivity contribution in [3.05, 3.63) is 70.8 Å². The summed E-state index contributed by atoms with van der Waals surface area (Å²) in [6.45, 7) is 3.55. The van der Waals surface area contributed by atoms with Crippen LogP contribution in [0.2, 0.25) is 0 Å². The molecule has 136 valence electrons. The zero-order chi connectivity index (χ0) is 18.5. The summed E-state index contributed by atoms with van der Waals surface area (Å²) in [5, 5.41) is 2.93. The van der Waals surface area contributed by atoms with Crippen LogP contribution in [-0.2, 0) is 16.1 Å². The molecule has 2 amide bonds. The summed E-state index contributed by atoms with van der Waals surface area (Å²) >= 11 is 0. The fourth-order valence-electron chi connectivity index (χ4n) is 3.23. The summed E-state index contributed by atoms with van der Waals surface area (Å²) in [6, 6.07) is 14.8. The fourth-order valence-corrected chi connectivity index (χ4v) is 3.23. The van der Waals surface area contributed by atoms with Gasteiger partial charge in [0.15, 0.2) is 0 Å². The molecular formula is C21H24N2O3. The highest BCUT2D eigenvalue weighted by atomic mass is 16.5. The van der Waals surface area contributed by atoms with Gasteiger partial charge < -0.3 is 15.0 Å². The van der Waals surface area contributed by atoms with Crippen LogP contribution in [0.3, 0.4) is 0 Å². The van der Waals surface area contributed by atoms with Crippen LogP contribution in [0.4, 0.5) is 0 Å². The number of nitrogens with one attached hydrogen (secondary N) is 1. The number of amides is 2. The minimum Gasteiger partial charge on any atom is -0.385 e. The second-order valence-corrected chi connectivity index (χ2v) is 6.55. The van der Waals surface area contributed by atoms with Crippen molar-refractivity contribution in [2.75, 3.05) is 20.3 Å². The van der Waals surface area contributed by atoms with Crippen LogP contribution in [-0.4, -0.2) is 37.0 Å². The molecule has 0 aliphatic carbocycles. The van der Waals surface area contributed by atoms with Gasteiger partial charge in [-0.25, -0.2) is 0 Å². The summed E-state index contributed by atoms with van der Waals surface area (Å²) in [5.74, 6) is -0.246. The first-order chi connectivity index (χ1) is 12.6. The molecule has 0 aromatic heterocycles. The highest BCUT2D eigenvalue weighted by Crippen LogP contribution is 2.34. The Morgan fingerprint density at radius 2 is 1.88 bits per heavy atom. The lowest BCUT2D eigenvalue weighted by atomic mass is 10.0. The van der Waals surface area contributed by atoms with Crippen LogP contribution in [0.15, 0.2) is 48.5 Å². The molecule has 5 nitrogen and oxygen atoms in total. The molecule has 2 aromatic rings. The molecule has 0 unspecified atom stereocenters. The van der Waals surface area contributed by atoms with E-state index in [-0.39, 0.29) is 11.8 Å². The Morgan fingerprint density at radius 3 is 2.62 bits per heavy atom. The number of rotatable bonds is 7. The van der Waals surface area contributed by atoms with E-state index in [4.69, 9.17) is 4.74 Å². The summed E-state index contributed by atoms with van der Waals surface area (Å²) in [7, 11) is 1.64.